The molecule has 2 amide bonds. The molecule has 0 radical (unpaired) electrons. The van der Waals surface area contributed by atoms with E-state index in [1.807, 2.05) is 0 Å². The summed E-state index contributed by atoms with van der Waals surface area (Å²) in [5.41, 5.74) is 5.56. The predicted molar refractivity (Wildman–Crippen MR) is 57.0 cm³/mol. The molecule has 0 aliphatic carbocycles. The molecule has 0 aromatic carbocycles. The van der Waals surface area contributed by atoms with Gasteiger partial charge in [-0.25, -0.2) is 0 Å². The Morgan fingerprint density at radius 2 is 2.33 bits per heavy atom. The molecule has 1 heterocycles. The molecule has 0 spiro atoms. The Morgan fingerprint density at radius 3 is 2.87 bits per heavy atom. The van der Waals surface area contributed by atoms with Gasteiger partial charge in [-0.2, -0.15) is 0 Å². The van der Waals surface area contributed by atoms with Crippen molar-refractivity contribution in [3.63, 3.8) is 0 Å². The van der Waals surface area contributed by atoms with E-state index in [1.165, 1.54) is 11.0 Å². The summed E-state index contributed by atoms with van der Waals surface area (Å²) in [5.74, 6) is -0.354. The molecule has 1 rings (SSSR count). The van der Waals surface area contributed by atoms with E-state index < -0.39 is 6.04 Å². The minimum atomic E-state index is -0.713. The molecule has 3 N–H and O–H groups in total. The van der Waals surface area contributed by atoms with Gasteiger partial charge < -0.3 is 16.0 Å². The molecule has 1 fully saturated rings. The van der Waals surface area contributed by atoms with E-state index >= 15 is 0 Å². The van der Waals surface area contributed by atoms with Crippen molar-refractivity contribution in [3.8, 4) is 0 Å². The molecule has 15 heavy (non-hydrogen) atoms. The summed E-state index contributed by atoms with van der Waals surface area (Å²) in [6, 6.07) is -1.08. The Labute approximate surface area is 89.3 Å². The summed E-state index contributed by atoms with van der Waals surface area (Å²) >= 11 is 0. The Bertz CT molecular complexity index is 278. The van der Waals surface area contributed by atoms with Gasteiger partial charge in [0.2, 0.25) is 11.8 Å². The van der Waals surface area contributed by atoms with Crippen molar-refractivity contribution in [1.29, 1.82) is 0 Å². The fraction of sp³-hybridized carbons (Fsp3) is 0.600. The fourth-order valence-electron chi connectivity index (χ4n) is 1.76. The van der Waals surface area contributed by atoms with Crippen LogP contribution in [0.2, 0.25) is 0 Å². The van der Waals surface area contributed by atoms with E-state index in [1.54, 1.807) is 7.05 Å². The highest BCUT2D eigenvalue weighted by atomic mass is 16.2. The first-order chi connectivity index (χ1) is 7.11. The first-order valence-corrected chi connectivity index (χ1v) is 5.02. The Kier molecular flexibility index (Phi) is 3.85. The van der Waals surface area contributed by atoms with Crippen molar-refractivity contribution >= 4 is 11.8 Å². The second-order valence-corrected chi connectivity index (χ2v) is 3.57. The number of nitrogens with zero attached hydrogens (tertiary/aromatic N) is 1. The van der Waals surface area contributed by atoms with Gasteiger partial charge >= 0.3 is 0 Å². The van der Waals surface area contributed by atoms with Crippen molar-refractivity contribution in [2.75, 3.05) is 13.6 Å². The lowest BCUT2D eigenvalue weighted by atomic mass is 10.2. The van der Waals surface area contributed by atoms with E-state index in [2.05, 4.69) is 11.9 Å². The summed E-state index contributed by atoms with van der Waals surface area (Å²) in [6.45, 7) is 4.07. The minimum Gasteiger partial charge on any atom is -0.357 e. The Hall–Kier alpha value is -1.36. The molecule has 1 aliphatic rings. The molecule has 0 aromatic rings. The molecular formula is C10H17N3O2. The van der Waals surface area contributed by atoms with Gasteiger partial charge in [0.1, 0.15) is 12.1 Å². The molecular weight excluding hydrogens is 194 g/mol. The minimum absolute atomic E-state index is 0.128. The SMILES string of the molecule is C=C[C@H](N)C(=O)N1CCC[C@H]1C(=O)NC. The zero-order valence-electron chi connectivity index (χ0n) is 8.90. The number of hydrogen-bond acceptors (Lipinski definition) is 3. The van der Waals surface area contributed by atoms with E-state index in [0.717, 1.165) is 6.42 Å². The molecule has 0 unspecified atom stereocenters. The van der Waals surface area contributed by atoms with Gasteiger partial charge in [-0.1, -0.05) is 6.08 Å². The number of likely N-dealkylation sites (N-methyl/N-ethyl adjacent to an activating group) is 1. The average molecular weight is 211 g/mol. The second kappa shape index (κ2) is 4.93. The standard InChI is InChI=1S/C10H17N3O2/c1-3-7(11)10(15)13-6-4-5-8(13)9(14)12-2/h3,7-8H,1,4-6,11H2,2H3,(H,12,14)/t7-,8-/m0/s1. The summed E-state index contributed by atoms with van der Waals surface area (Å²) < 4.78 is 0. The number of carbonyl (C=O) groups is 2. The maximum absolute atomic E-state index is 11.8. The summed E-state index contributed by atoms with van der Waals surface area (Å²) in [7, 11) is 1.57. The number of amides is 2. The summed E-state index contributed by atoms with van der Waals surface area (Å²) in [4.78, 5) is 24.8. The van der Waals surface area contributed by atoms with E-state index in [-0.39, 0.29) is 17.9 Å². The Balaban J connectivity index is 2.72. The van der Waals surface area contributed by atoms with Crippen LogP contribution in [-0.4, -0.2) is 42.4 Å². The quantitative estimate of drug-likeness (QED) is 0.602. The van der Waals surface area contributed by atoms with Gasteiger partial charge in [-0.3, -0.25) is 9.59 Å². The van der Waals surface area contributed by atoms with Crippen LogP contribution in [0.5, 0.6) is 0 Å². The fourth-order valence-corrected chi connectivity index (χ4v) is 1.76. The van der Waals surface area contributed by atoms with Crippen molar-refractivity contribution in [2.45, 2.75) is 24.9 Å². The number of rotatable bonds is 3. The largest absolute Gasteiger partial charge is 0.357 e. The highest BCUT2D eigenvalue weighted by molar-refractivity contribution is 5.90. The number of carbonyl (C=O) groups excluding carboxylic acids is 2. The van der Waals surface area contributed by atoms with Crippen LogP contribution in [0.25, 0.3) is 0 Å². The van der Waals surface area contributed by atoms with Gasteiger partial charge in [0.15, 0.2) is 0 Å². The Morgan fingerprint density at radius 1 is 1.67 bits per heavy atom. The van der Waals surface area contributed by atoms with E-state index in [9.17, 15) is 9.59 Å². The van der Waals surface area contributed by atoms with Crippen LogP contribution in [0, 0.1) is 0 Å². The number of likely N-dealkylation sites (tertiary alicyclic amines) is 1. The van der Waals surface area contributed by atoms with E-state index in [0.29, 0.717) is 13.0 Å². The molecule has 1 aliphatic heterocycles. The van der Waals surface area contributed by atoms with Gasteiger partial charge in [0.25, 0.3) is 0 Å². The number of hydrogen-bond donors (Lipinski definition) is 2. The normalized spacial score (nSPS) is 22.3. The summed E-state index contributed by atoms with van der Waals surface area (Å²) in [6.07, 6.45) is 2.94. The van der Waals surface area contributed by atoms with Crippen LogP contribution in [0.15, 0.2) is 12.7 Å². The molecule has 2 atom stereocenters. The third-order valence-electron chi connectivity index (χ3n) is 2.62. The molecule has 5 heteroatoms. The number of nitrogens with one attached hydrogen (secondary N) is 1. The zero-order chi connectivity index (χ0) is 11.4. The molecule has 0 saturated carbocycles. The first-order valence-electron chi connectivity index (χ1n) is 5.02. The average Bonchev–Trinajstić information content (AvgIpc) is 2.74. The zero-order valence-corrected chi connectivity index (χ0v) is 8.90. The van der Waals surface area contributed by atoms with Crippen molar-refractivity contribution in [3.05, 3.63) is 12.7 Å². The van der Waals surface area contributed by atoms with Crippen LogP contribution in [0.3, 0.4) is 0 Å². The van der Waals surface area contributed by atoms with Crippen molar-refractivity contribution < 1.29 is 9.59 Å². The predicted octanol–water partition coefficient (Wildman–Crippen LogP) is -0.763. The smallest absolute Gasteiger partial charge is 0.244 e. The molecule has 5 nitrogen and oxygen atoms in total. The monoisotopic (exact) mass is 211 g/mol. The highest BCUT2D eigenvalue weighted by Crippen LogP contribution is 2.18. The lowest BCUT2D eigenvalue weighted by molar-refractivity contribution is -0.138. The maximum atomic E-state index is 11.8. The third-order valence-corrected chi connectivity index (χ3v) is 2.62. The molecule has 84 valence electrons. The number of nitrogens with two attached hydrogens (primary N) is 1. The van der Waals surface area contributed by atoms with Crippen LogP contribution in [0.4, 0.5) is 0 Å². The van der Waals surface area contributed by atoms with Crippen molar-refractivity contribution in [1.82, 2.24) is 10.2 Å². The van der Waals surface area contributed by atoms with Crippen LogP contribution >= 0.6 is 0 Å². The second-order valence-electron chi connectivity index (χ2n) is 3.57. The maximum Gasteiger partial charge on any atom is 0.244 e. The van der Waals surface area contributed by atoms with E-state index in [4.69, 9.17) is 5.73 Å². The first kappa shape index (κ1) is 11.7. The van der Waals surface area contributed by atoms with Gasteiger partial charge in [0, 0.05) is 13.6 Å². The topological polar surface area (TPSA) is 75.4 Å². The lowest BCUT2D eigenvalue weighted by Crippen LogP contribution is -2.50. The van der Waals surface area contributed by atoms with Crippen LogP contribution in [-0.2, 0) is 9.59 Å². The van der Waals surface area contributed by atoms with Gasteiger partial charge in [-0.05, 0) is 12.8 Å². The molecule has 0 aromatic heterocycles. The third kappa shape index (κ3) is 2.36. The highest BCUT2D eigenvalue weighted by Gasteiger charge is 2.34. The molecule has 1 saturated heterocycles. The summed E-state index contributed by atoms with van der Waals surface area (Å²) in [5, 5.41) is 2.55. The molecule has 0 bridgehead atoms. The van der Waals surface area contributed by atoms with Gasteiger partial charge in [-0.15, -0.1) is 6.58 Å². The van der Waals surface area contributed by atoms with Gasteiger partial charge in [0.05, 0.1) is 0 Å². The van der Waals surface area contributed by atoms with Crippen LogP contribution < -0.4 is 11.1 Å². The lowest BCUT2D eigenvalue weighted by Gasteiger charge is -2.25. The van der Waals surface area contributed by atoms with Crippen LogP contribution in [0.1, 0.15) is 12.8 Å². The van der Waals surface area contributed by atoms with Crippen molar-refractivity contribution in [2.24, 2.45) is 5.73 Å².